The smallest absolute Gasteiger partial charge is 0.371 e. The van der Waals surface area contributed by atoms with Gasteiger partial charge in [0.2, 0.25) is 16.8 Å². The first kappa shape index (κ1) is 19.9. The van der Waals surface area contributed by atoms with Gasteiger partial charge in [0, 0.05) is 31.1 Å². The van der Waals surface area contributed by atoms with E-state index in [4.69, 9.17) is 9.52 Å². The summed E-state index contributed by atoms with van der Waals surface area (Å²) in [6.07, 6.45) is 4.06. The second-order valence-electron chi connectivity index (χ2n) is 7.48. The van der Waals surface area contributed by atoms with E-state index >= 15 is 0 Å². The molecule has 3 heterocycles. The van der Waals surface area contributed by atoms with Crippen LogP contribution in [0.2, 0.25) is 0 Å². The maximum atomic E-state index is 13.0. The maximum absolute atomic E-state index is 13.0. The van der Waals surface area contributed by atoms with E-state index in [2.05, 4.69) is 13.8 Å². The van der Waals surface area contributed by atoms with Crippen molar-refractivity contribution in [2.45, 2.75) is 63.1 Å². The largest absolute Gasteiger partial charge is 0.475 e. The summed E-state index contributed by atoms with van der Waals surface area (Å²) in [5.41, 5.74) is 0. The van der Waals surface area contributed by atoms with Crippen LogP contribution < -0.4 is 0 Å². The zero-order valence-corrected chi connectivity index (χ0v) is 16.4. The number of hydrogen-bond acceptors (Lipinski definition) is 5. The minimum Gasteiger partial charge on any atom is -0.475 e. The molecule has 2 aliphatic heterocycles. The highest BCUT2D eigenvalue weighted by Gasteiger charge is 2.38. The van der Waals surface area contributed by atoms with Crippen LogP contribution in [-0.4, -0.2) is 59.8 Å². The molecule has 0 bridgehead atoms. The summed E-state index contributed by atoms with van der Waals surface area (Å²) < 4.78 is 31.5. The van der Waals surface area contributed by atoms with Crippen molar-refractivity contribution in [1.29, 1.82) is 0 Å². The lowest BCUT2D eigenvalue weighted by atomic mass is 9.91. The van der Waals surface area contributed by atoms with Crippen molar-refractivity contribution < 1.29 is 27.5 Å². The monoisotopic (exact) mass is 398 g/mol. The average molecular weight is 398 g/mol. The fourth-order valence-electron chi connectivity index (χ4n) is 4.11. The van der Waals surface area contributed by atoms with Gasteiger partial charge < -0.3 is 14.4 Å². The van der Waals surface area contributed by atoms with Gasteiger partial charge in [0.05, 0.1) is 0 Å². The normalized spacial score (nSPS) is 25.5. The Bertz CT molecular complexity index is 800. The molecule has 2 fully saturated rings. The molecule has 0 aliphatic carbocycles. The van der Waals surface area contributed by atoms with Crippen LogP contribution in [-0.2, 0) is 14.8 Å². The van der Waals surface area contributed by atoms with E-state index in [-0.39, 0.29) is 42.1 Å². The molecule has 150 valence electrons. The molecule has 1 N–H and O–H groups in total. The highest BCUT2D eigenvalue weighted by Crippen LogP contribution is 2.30. The minimum absolute atomic E-state index is 0.123. The number of carboxylic acids is 1. The molecule has 2 atom stereocenters. The lowest BCUT2D eigenvalue weighted by Crippen LogP contribution is -2.52. The van der Waals surface area contributed by atoms with Gasteiger partial charge in [-0.05, 0) is 58.1 Å². The zero-order chi connectivity index (χ0) is 19.8. The minimum atomic E-state index is -3.89. The fourth-order valence-corrected chi connectivity index (χ4v) is 5.49. The maximum Gasteiger partial charge on any atom is 0.371 e. The van der Waals surface area contributed by atoms with Gasteiger partial charge in [0.1, 0.15) is 0 Å². The number of nitrogens with zero attached hydrogens (tertiary/aromatic N) is 2. The third kappa shape index (κ3) is 3.89. The Morgan fingerprint density at radius 1 is 1.07 bits per heavy atom. The van der Waals surface area contributed by atoms with E-state index in [1.807, 2.05) is 4.90 Å². The van der Waals surface area contributed by atoms with Gasteiger partial charge in [-0.3, -0.25) is 4.79 Å². The van der Waals surface area contributed by atoms with E-state index in [1.165, 1.54) is 4.31 Å². The molecule has 2 unspecified atom stereocenters. The van der Waals surface area contributed by atoms with Crippen LogP contribution in [0, 0.1) is 5.92 Å². The fraction of sp³-hybridized carbons (Fsp3) is 0.667. The quantitative estimate of drug-likeness (QED) is 0.833. The molecule has 0 saturated carbocycles. The van der Waals surface area contributed by atoms with Crippen molar-refractivity contribution in [2.75, 3.05) is 13.1 Å². The Hall–Kier alpha value is -1.87. The summed E-state index contributed by atoms with van der Waals surface area (Å²) in [6.45, 7) is 4.59. The Morgan fingerprint density at radius 2 is 1.67 bits per heavy atom. The first-order chi connectivity index (χ1) is 12.7. The number of amides is 1. The van der Waals surface area contributed by atoms with Crippen molar-refractivity contribution in [1.82, 2.24) is 9.21 Å². The Kier molecular flexibility index (Phi) is 5.62. The van der Waals surface area contributed by atoms with Crippen LogP contribution in [0.3, 0.4) is 0 Å². The third-order valence-corrected chi connectivity index (χ3v) is 7.41. The van der Waals surface area contributed by atoms with Crippen LogP contribution in [0.1, 0.15) is 56.5 Å². The van der Waals surface area contributed by atoms with Crippen molar-refractivity contribution in [3.8, 4) is 0 Å². The van der Waals surface area contributed by atoms with Gasteiger partial charge in [-0.2, -0.15) is 4.31 Å². The molecule has 3 rings (SSSR count). The van der Waals surface area contributed by atoms with E-state index in [9.17, 15) is 18.0 Å². The van der Waals surface area contributed by atoms with Crippen molar-refractivity contribution >= 4 is 21.9 Å². The number of aromatic carboxylic acids is 1. The Morgan fingerprint density at radius 3 is 2.19 bits per heavy atom. The molecule has 9 heteroatoms. The number of hydrogen-bond donors (Lipinski definition) is 1. The number of carbonyl (C=O) groups is 2. The van der Waals surface area contributed by atoms with Gasteiger partial charge in [0.15, 0.2) is 0 Å². The van der Waals surface area contributed by atoms with E-state index in [0.717, 1.165) is 31.4 Å². The van der Waals surface area contributed by atoms with Crippen LogP contribution in [0.4, 0.5) is 0 Å². The first-order valence-electron chi connectivity index (χ1n) is 9.37. The Labute approximate surface area is 159 Å². The predicted octanol–water partition coefficient (Wildman–Crippen LogP) is 2.17. The molecule has 0 spiro atoms. The van der Waals surface area contributed by atoms with E-state index in [0.29, 0.717) is 12.8 Å². The summed E-state index contributed by atoms with van der Waals surface area (Å²) in [6, 6.07) is 2.73. The second kappa shape index (κ2) is 7.63. The third-order valence-electron chi connectivity index (χ3n) is 5.64. The second-order valence-corrected chi connectivity index (χ2v) is 9.35. The van der Waals surface area contributed by atoms with Crippen LogP contribution in [0.25, 0.3) is 0 Å². The lowest BCUT2D eigenvalue weighted by molar-refractivity contribution is -0.143. The highest BCUT2D eigenvalue weighted by molar-refractivity contribution is 7.89. The van der Waals surface area contributed by atoms with Gasteiger partial charge in [0.25, 0.3) is 10.0 Å². The molecule has 0 radical (unpaired) electrons. The number of piperidine rings is 2. The molecule has 8 nitrogen and oxygen atoms in total. The van der Waals surface area contributed by atoms with Crippen LogP contribution in [0.5, 0.6) is 0 Å². The predicted molar refractivity (Wildman–Crippen MR) is 96.8 cm³/mol. The number of likely N-dealkylation sites (tertiary alicyclic amines) is 1. The molecule has 1 aromatic heterocycles. The highest BCUT2D eigenvalue weighted by atomic mass is 32.2. The molecule has 1 aromatic rings. The zero-order valence-electron chi connectivity index (χ0n) is 15.6. The van der Waals surface area contributed by atoms with Crippen molar-refractivity contribution in [2.24, 2.45) is 5.92 Å². The summed E-state index contributed by atoms with van der Waals surface area (Å²) >= 11 is 0. The SMILES string of the molecule is CC1CCCC(C)N1C(=O)C1CCN(S(=O)(=O)c2ccc(C(=O)O)o2)CC1. The average Bonchev–Trinajstić information content (AvgIpc) is 3.13. The van der Waals surface area contributed by atoms with E-state index < -0.39 is 21.8 Å². The summed E-state index contributed by atoms with van der Waals surface area (Å²) in [7, 11) is -3.89. The van der Waals surface area contributed by atoms with Crippen LogP contribution >= 0.6 is 0 Å². The topological polar surface area (TPSA) is 108 Å². The van der Waals surface area contributed by atoms with Gasteiger partial charge >= 0.3 is 5.97 Å². The van der Waals surface area contributed by atoms with Crippen LogP contribution in [0.15, 0.2) is 21.6 Å². The number of furan rings is 1. The number of sulfonamides is 1. The van der Waals surface area contributed by atoms with Crippen molar-refractivity contribution in [3.63, 3.8) is 0 Å². The molecule has 2 saturated heterocycles. The molecule has 0 aromatic carbocycles. The lowest BCUT2D eigenvalue weighted by Gasteiger charge is -2.42. The van der Waals surface area contributed by atoms with Gasteiger partial charge in [-0.15, -0.1) is 0 Å². The van der Waals surface area contributed by atoms with Crippen molar-refractivity contribution in [3.05, 3.63) is 17.9 Å². The molecular formula is C18H26N2O6S. The summed E-state index contributed by atoms with van der Waals surface area (Å²) in [5.74, 6) is -1.78. The molecule has 2 aliphatic rings. The standard InChI is InChI=1S/C18H26N2O6S/c1-12-4-3-5-13(2)20(12)17(21)14-8-10-19(11-9-14)27(24,25)16-7-6-15(26-16)18(22)23/h6-7,12-14H,3-5,8-11H2,1-2H3,(H,22,23). The molecular weight excluding hydrogens is 372 g/mol. The molecule has 27 heavy (non-hydrogen) atoms. The number of carboxylic acid groups (broad SMARTS) is 1. The summed E-state index contributed by atoms with van der Waals surface area (Å²) in [5, 5.41) is 8.52. The first-order valence-corrected chi connectivity index (χ1v) is 10.8. The van der Waals surface area contributed by atoms with Gasteiger partial charge in [-0.25, -0.2) is 13.2 Å². The van der Waals surface area contributed by atoms with E-state index in [1.54, 1.807) is 0 Å². The van der Waals surface area contributed by atoms with Gasteiger partial charge in [-0.1, -0.05) is 0 Å². The number of carbonyl (C=O) groups excluding carboxylic acids is 1. The summed E-state index contributed by atoms with van der Waals surface area (Å²) in [4.78, 5) is 25.8. The Balaban J connectivity index is 1.65. The number of rotatable bonds is 4. The molecule has 1 amide bonds.